The van der Waals surface area contributed by atoms with Crippen molar-refractivity contribution < 1.29 is 19.7 Å². The number of esters is 1. The molecule has 0 amide bonds. The van der Waals surface area contributed by atoms with Crippen molar-refractivity contribution in [3.8, 4) is 0 Å². The van der Waals surface area contributed by atoms with Gasteiger partial charge in [0.15, 0.2) is 0 Å². The molecule has 2 N–H and O–H groups in total. The maximum absolute atomic E-state index is 12.8. The number of ether oxygens (including phenoxy) is 1. The monoisotopic (exact) mass is 465 g/mol. The molecule has 2 saturated carbocycles. The van der Waals surface area contributed by atoms with E-state index in [1.165, 1.54) is 23.3 Å². The Morgan fingerprint density at radius 3 is 2.34 bits per heavy atom. The number of nitrogens with zero attached hydrogens (tertiary/aromatic N) is 1. The highest BCUT2D eigenvalue weighted by atomic mass is 32.1. The van der Waals surface area contributed by atoms with Crippen LogP contribution in [0.1, 0.15) is 100 Å². The molecule has 2 fully saturated rings. The van der Waals surface area contributed by atoms with Crippen LogP contribution >= 0.6 is 11.3 Å². The Kier molecular flexibility index (Phi) is 8.67. The smallest absolute Gasteiger partial charge is 0.350 e. The lowest BCUT2D eigenvalue weighted by atomic mass is 9.81. The number of carbonyl (C=O) groups excluding carboxylic acids is 1. The number of hydrogen-bond acceptors (Lipinski definition) is 6. The number of methoxy groups -OCH3 is 1. The standard InChI is InChI=1S/C26H43NO4S/c1-17-6-8-18(9-7-17)24(29)27(19-10-12-20(28)13-11-19)22-16-21(14-15-26(2,3)4)32-23(22)25(30)31-5/h16-20,24,28-29H,6-15H2,1-5H3/t17?,18?,19?,20?,24-/m1/s1. The molecule has 1 heterocycles. The predicted octanol–water partition coefficient (Wildman–Crippen LogP) is 5.77. The predicted molar refractivity (Wildman–Crippen MR) is 131 cm³/mol. The van der Waals surface area contributed by atoms with Gasteiger partial charge in [-0.15, -0.1) is 11.3 Å². The van der Waals surface area contributed by atoms with Crippen LogP contribution in [-0.2, 0) is 11.2 Å². The van der Waals surface area contributed by atoms with Gasteiger partial charge in [0, 0.05) is 16.8 Å². The molecular weight excluding hydrogens is 422 g/mol. The Morgan fingerprint density at radius 1 is 1.16 bits per heavy atom. The van der Waals surface area contributed by atoms with Crippen molar-refractivity contribution in [3.63, 3.8) is 0 Å². The molecule has 6 heteroatoms. The van der Waals surface area contributed by atoms with Crippen molar-refractivity contribution >= 4 is 23.0 Å². The van der Waals surface area contributed by atoms with Crippen LogP contribution in [0.5, 0.6) is 0 Å². The Bertz CT molecular complexity index is 739. The second-order valence-corrected chi connectivity index (χ2v) is 12.4. The fourth-order valence-corrected chi connectivity index (χ4v) is 6.26. The third kappa shape index (κ3) is 6.48. The van der Waals surface area contributed by atoms with E-state index in [0.29, 0.717) is 10.8 Å². The molecule has 0 aliphatic heterocycles. The molecule has 1 aromatic heterocycles. The maximum Gasteiger partial charge on any atom is 0.350 e. The van der Waals surface area contributed by atoms with Crippen molar-refractivity contribution in [2.45, 2.75) is 110 Å². The van der Waals surface area contributed by atoms with E-state index in [2.05, 4.69) is 38.7 Å². The van der Waals surface area contributed by atoms with E-state index in [0.717, 1.165) is 69.9 Å². The number of carbonyl (C=O) groups is 1. The molecule has 0 unspecified atom stereocenters. The number of thiophene rings is 1. The van der Waals surface area contributed by atoms with Gasteiger partial charge in [-0.3, -0.25) is 0 Å². The lowest BCUT2D eigenvalue weighted by molar-refractivity contribution is 0.0514. The fourth-order valence-electron chi connectivity index (χ4n) is 5.19. The average molecular weight is 466 g/mol. The zero-order valence-corrected chi connectivity index (χ0v) is 21.4. The molecular formula is C26H43NO4S. The normalized spacial score (nSPS) is 27.7. The summed E-state index contributed by atoms with van der Waals surface area (Å²) in [6.07, 6.45) is 8.52. The first kappa shape index (κ1) is 25.5. The van der Waals surface area contributed by atoms with Crippen LogP contribution < -0.4 is 4.90 Å². The number of aliphatic hydroxyl groups excluding tert-OH is 2. The Hall–Kier alpha value is -1.11. The van der Waals surface area contributed by atoms with Crippen molar-refractivity contribution in [1.82, 2.24) is 0 Å². The van der Waals surface area contributed by atoms with Crippen molar-refractivity contribution in [2.75, 3.05) is 12.0 Å². The van der Waals surface area contributed by atoms with Crippen molar-refractivity contribution in [3.05, 3.63) is 15.8 Å². The summed E-state index contributed by atoms with van der Waals surface area (Å²) in [5.74, 6) is 0.603. The number of aryl methyl sites for hydroxylation is 1. The summed E-state index contributed by atoms with van der Waals surface area (Å²) in [5, 5.41) is 21.7. The van der Waals surface area contributed by atoms with E-state index in [4.69, 9.17) is 4.74 Å². The molecule has 1 atom stereocenters. The second kappa shape index (κ2) is 10.9. The van der Waals surface area contributed by atoms with Crippen molar-refractivity contribution in [2.24, 2.45) is 17.3 Å². The van der Waals surface area contributed by atoms with Crippen LogP contribution in [0.4, 0.5) is 5.69 Å². The van der Waals surface area contributed by atoms with Crippen LogP contribution in [0, 0.1) is 17.3 Å². The second-order valence-electron chi connectivity index (χ2n) is 11.3. The number of hydrogen-bond donors (Lipinski definition) is 2. The van der Waals surface area contributed by atoms with E-state index >= 15 is 0 Å². The first-order chi connectivity index (χ1) is 15.1. The molecule has 1 aromatic rings. The molecule has 182 valence electrons. The quantitative estimate of drug-likeness (QED) is 0.395. The first-order valence-electron chi connectivity index (χ1n) is 12.4. The van der Waals surface area contributed by atoms with Gasteiger partial charge in [0.1, 0.15) is 11.1 Å². The van der Waals surface area contributed by atoms with Gasteiger partial charge in [-0.2, -0.15) is 0 Å². The van der Waals surface area contributed by atoms with E-state index in [9.17, 15) is 15.0 Å². The molecule has 3 rings (SSSR count). The molecule has 0 aromatic carbocycles. The van der Waals surface area contributed by atoms with Gasteiger partial charge in [-0.1, -0.05) is 40.5 Å². The van der Waals surface area contributed by atoms with Gasteiger partial charge in [-0.25, -0.2) is 4.79 Å². The molecule has 0 bridgehead atoms. The number of rotatable bonds is 7. The zero-order valence-electron chi connectivity index (χ0n) is 20.6. The number of aliphatic hydroxyl groups is 2. The molecule has 2 aliphatic carbocycles. The molecule has 0 radical (unpaired) electrons. The molecule has 0 saturated heterocycles. The highest BCUT2D eigenvalue weighted by Gasteiger charge is 2.37. The topological polar surface area (TPSA) is 70.0 Å². The van der Waals surface area contributed by atoms with E-state index < -0.39 is 6.23 Å². The SMILES string of the molecule is COC(=O)c1sc(CCC(C)(C)C)cc1N(C1CCC(O)CC1)[C@H](O)C1CCC(C)CC1. The minimum absolute atomic E-state index is 0.126. The third-order valence-electron chi connectivity index (χ3n) is 7.36. The summed E-state index contributed by atoms with van der Waals surface area (Å²) < 4.78 is 5.15. The largest absolute Gasteiger partial charge is 0.465 e. The fraction of sp³-hybridized carbons (Fsp3) is 0.808. The molecule has 0 spiro atoms. The molecule has 32 heavy (non-hydrogen) atoms. The summed E-state index contributed by atoms with van der Waals surface area (Å²) in [5.41, 5.74) is 1.05. The lowest BCUT2D eigenvalue weighted by Crippen LogP contribution is -2.50. The maximum atomic E-state index is 12.8. The summed E-state index contributed by atoms with van der Waals surface area (Å²) in [7, 11) is 1.43. The van der Waals surface area contributed by atoms with Gasteiger partial charge in [0.05, 0.1) is 18.9 Å². The first-order valence-corrected chi connectivity index (χ1v) is 13.3. The van der Waals surface area contributed by atoms with Gasteiger partial charge >= 0.3 is 5.97 Å². The third-order valence-corrected chi connectivity index (χ3v) is 8.52. The Morgan fingerprint density at radius 2 is 1.78 bits per heavy atom. The number of anilines is 1. The highest BCUT2D eigenvalue weighted by molar-refractivity contribution is 7.14. The highest BCUT2D eigenvalue weighted by Crippen LogP contribution is 2.41. The zero-order chi connectivity index (χ0) is 23.5. The van der Waals surface area contributed by atoms with Gasteiger partial charge in [-0.05, 0) is 68.8 Å². The van der Waals surface area contributed by atoms with Crippen LogP contribution in [0.25, 0.3) is 0 Å². The van der Waals surface area contributed by atoms with Gasteiger partial charge in [0.2, 0.25) is 0 Å². The average Bonchev–Trinajstić information content (AvgIpc) is 3.17. The Balaban J connectivity index is 1.94. The minimum atomic E-state index is -0.615. The Labute approximate surface area is 198 Å². The van der Waals surface area contributed by atoms with Crippen molar-refractivity contribution in [1.29, 1.82) is 0 Å². The van der Waals surface area contributed by atoms with Crippen LogP contribution in [0.2, 0.25) is 0 Å². The molecule has 2 aliphatic rings. The van der Waals surface area contributed by atoms with Gasteiger partial charge < -0.3 is 19.8 Å². The van der Waals surface area contributed by atoms with Crippen LogP contribution in [0.15, 0.2) is 6.07 Å². The van der Waals surface area contributed by atoms with Crippen LogP contribution in [0.3, 0.4) is 0 Å². The summed E-state index contributed by atoms with van der Waals surface area (Å²) in [6, 6.07) is 2.25. The van der Waals surface area contributed by atoms with Gasteiger partial charge in [0.25, 0.3) is 0 Å². The summed E-state index contributed by atoms with van der Waals surface area (Å²) in [6.45, 7) is 8.99. The summed E-state index contributed by atoms with van der Waals surface area (Å²) in [4.78, 5) is 16.7. The van der Waals surface area contributed by atoms with E-state index in [-0.39, 0.29) is 29.4 Å². The van der Waals surface area contributed by atoms with E-state index in [1.807, 2.05) is 0 Å². The molecule has 5 nitrogen and oxygen atoms in total. The summed E-state index contributed by atoms with van der Waals surface area (Å²) >= 11 is 1.51. The minimum Gasteiger partial charge on any atom is -0.465 e. The lowest BCUT2D eigenvalue weighted by Gasteiger charge is -2.44. The van der Waals surface area contributed by atoms with Crippen LogP contribution in [-0.4, -0.2) is 41.7 Å². The van der Waals surface area contributed by atoms with E-state index in [1.54, 1.807) is 0 Å².